The zero-order chi connectivity index (χ0) is 21.3. The number of benzene rings is 3. The predicted molar refractivity (Wildman–Crippen MR) is 123 cm³/mol. The van der Waals surface area contributed by atoms with E-state index in [1.54, 1.807) is 41.7 Å². The van der Waals surface area contributed by atoms with Crippen LogP contribution in [0.1, 0.15) is 17.3 Å². The molecule has 0 radical (unpaired) electrons. The molecule has 4 nitrogen and oxygen atoms in total. The summed E-state index contributed by atoms with van der Waals surface area (Å²) in [5.74, 6) is -0.274. The minimum atomic E-state index is -0.573. The highest BCUT2D eigenvalue weighted by Gasteiger charge is 2.08. The molecule has 0 N–H and O–H groups in total. The van der Waals surface area contributed by atoms with Gasteiger partial charge in [-0.05, 0) is 49.4 Å². The van der Waals surface area contributed by atoms with Crippen molar-refractivity contribution in [2.45, 2.75) is 6.92 Å². The molecular weight excluding hydrogens is 420 g/mol. The van der Waals surface area contributed by atoms with Crippen LogP contribution in [0.5, 0.6) is 0 Å². The highest BCUT2D eigenvalue weighted by Crippen LogP contribution is 2.26. The molecule has 2 aromatic heterocycles. The predicted octanol–water partition coefficient (Wildman–Crippen LogP) is 6.06. The van der Waals surface area contributed by atoms with E-state index in [0.29, 0.717) is 16.0 Å². The van der Waals surface area contributed by atoms with Crippen LogP contribution in [0.15, 0.2) is 86.8 Å². The largest absolute Gasteiger partial charge is 0.422 e. The first-order chi connectivity index (χ1) is 14.4. The Balaban J connectivity index is 0.000000147. The summed E-state index contributed by atoms with van der Waals surface area (Å²) >= 11 is 7.52. The molecule has 0 aliphatic heterocycles. The minimum absolute atomic E-state index is 0.0619. The summed E-state index contributed by atoms with van der Waals surface area (Å²) < 4.78 is 6.97. The Bertz CT molecular complexity index is 1530. The number of hydrogen-bond acceptors (Lipinski definition) is 5. The van der Waals surface area contributed by atoms with E-state index in [1.165, 1.54) is 6.92 Å². The van der Waals surface area contributed by atoms with Gasteiger partial charge in [-0.1, -0.05) is 41.9 Å². The van der Waals surface area contributed by atoms with Crippen LogP contribution in [0.4, 0.5) is 0 Å². The average Bonchev–Trinajstić information content (AvgIpc) is 2.74. The van der Waals surface area contributed by atoms with Crippen molar-refractivity contribution < 1.29 is 9.21 Å². The monoisotopic (exact) mass is 434 g/mol. The summed E-state index contributed by atoms with van der Waals surface area (Å²) in [5.41, 5.74) is 0.0919. The van der Waals surface area contributed by atoms with Crippen LogP contribution in [0.2, 0.25) is 5.02 Å². The van der Waals surface area contributed by atoms with Crippen LogP contribution in [-0.2, 0) is 0 Å². The molecule has 5 aromatic rings. The lowest BCUT2D eigenvalue weighted by atomic mass is 10.1. The summed E-state index contributed by atoms with van der Waals surface area (Å²) in [7, 11) is 0. The average molecular weight is 435 g/mol. The fourth-order valence-electron chi connectivity index (χ4n) is 3.08. The van der Waals surface area contributed by atoms with Crippen molar-refractivity contribution in [2.75, 3.05) is 0 Å². The fraction of sp³-hybridized carbons (Fsp3) is 0.0417. The van der Waals surface area contributed by atoms with Crippen LogP contribution < -0.4 is 11.1 Å². The fourth-order valence-corrected chi connectivity index (χ4v) is 4.31. The lowest BCUT2D eigenvalue weighted by Gasteiger charge is -2.00. The molecule has 5 rings (SSSR count). The lowest BCUT2D eigenvalue weighted by Crippen LogP contribution is -2.10. The van der Waals surface area contributed by atoms with Crippen molar-refractivity contribution in [3.8, 4) is 0 Å². The highest BCUT2D eigenvalue weighted by atomic mass is 35.5. The summed E-state index contributed by atoms with van der Waals surface area (Å²) in [6, 6.07) is 21.8. The van der Waals surface area contributed by atoms with Crippen LogP contribution in [0, 0.1) is 0 Å². The van der Waals surface area contributed by atoms with Crippen molar-refractivity contribution in [3.63, 3.8) is 0 Å². The van der Waals surface area contributed by atoms with Gasteiger partial charge in [-0.25, -0.2) is 4.79 Å². The number of hydrogen-bond donors (Lipinski definition) is 0. The molecule has 0 spiro atoms. The highest BCUT2D eigenvalue weighted by molar-refractivity contribution is 7.24. The molecule has 0 amide bonds. The van der Waals surface area contributed by atoms with Crippen LogP contribution >= 0.6 is 22.9 Å². The Morgan fingerprint density at radius 2 is 1.57 bits per heavy atom. The van der Waals surface area contributed by atoms with Crippen molar-refractivity contribution in [1.82, 2.24) is 0 Å². The Kier molecular flexibility index (Phi) is 5.48. The van der Waals surface area contributed by atoms with Crippen molar-refractivity contribution in [1.29, 1.82) is 0 Å². The van der Waals surface area contributed by atoms with Gasteiger partial charge in [0.2, 0.25) is 0 Å². The molecule has 148 valence electrons. The first-order valence-electron chi connectivity index (χ1n) is 9.09. The molecule has 0 aliphatic carbocycles. The molecular formula is C24H15ClO4S. The van der Waals surface area contributed by atoms with E-state index in [9.17, 15) is 14.4 Å². The van der Waals surface area contributed by atoms with Gasteiger partial charge in [-0.2, -0.15) is 0 Å². The Morgan fingerprint density at radius 3 is 2.37 bits per heavy atom. The molecule has 3 aromatic carbocycles. The van der Waals surface area contributed by atoms with Gasteiger partial charge >= 0.3 is 5.63 Å². The van der Waals surface area contributed by atoms with Gasteiger partial charge in [0, 0.05) is 30.6 Å². The Labute approximate surface area is 180 Å². The van der Waals surface area contributed by atoms with Gasteiger partial charge < -0.3 is 4.42 Å². The van der Waals surface area contributed by atoms with Gasteiger partial charge in [-0.15, -0.1) is 11.3 Å². The van der Waals surface area contributed by atoms with E-state index >= 15 is 0 Å². The molecule has 0 bridgehead atoms. The van der Waals surface area contributed by atoms with E-state index in [0.717, 1.165) is 20.2 Å². The molecule has 0 unspecified atom stereocenters. The number of carbonyl (C=O) groups is 1. The molecule has 0 atom stereocenters. The van der Waals surface area contributed by atoms with E-state index in [4.69, 9.17) is 16.0 Å². The smallest absolute Gasteiger partial charge is 0.347 e. The summed E-state index contributed by atoms with van der Waals surface area (Å²) in [6.45, 7) is 1.35. The first-order valence-corrected chi connectivity index (χ1v) is 10.3. The van der Waals surface area contributed by atoms with Crippen molar-refractivity contribution in [3.05, 3.63) is 104 Å². The van der Waals surface area contributed by atoms with Crippen LogP contribution in [-0.4, -0.2) is 5.78 Å². The maximum absolute atomic E-state index is 12.2. The first kappa shape index (κ1) is 20.0. The van der Waals surface area contributed by atoms with E-state index < -0.39 is 5.63 Å². The van der Waals surface area contributed by atoms with Gasteiger partial charge in [-0.3, -0.25) is 9.59 Å². The molecule has 2 heterocycles. The van der Waals surface area contributed by atoms with Crippen LogP contribution in [0.25, 0.3) is 31.1 Å². The molecule has 30 heavy (non-hydrogen) atoms. The maximum atomic E-state index is 12.2. The van der Waals surface area contributed by atoms with Crippen molar-refractivity contribution in [2.24, 2.45) is 0 Å². The van der Waals surface area contributed by atoms with E-state index in [1.807, 2.05) is 42.5 Å². The quantitative estimate of drug-likeness (QED) is 0.182. The maximum Gasteiger partial charge on any atom is 0.347 e. The Hall–Kier alpha value is -3.28. The minimum Gasteiger partial charge on any atom is -0.422 e. The number of Topliss-reactive ketones (excluding diaryl/α,β-unsaturated/α-hetero) is 1. The summed E-state index contributed by atoms with van der Waals surface area (Å²) in [6.07, 6.45) is 0. The van der Waals surface area contributed by atoms with Gasteiger partial charge in [0.1, 0.15) is 11.1 Å². The number of ketones is 1. The standard InChI is InChI=1S/C13H7ClOS.C11H8O3/c14-8-5-6-12-10(7-8)13(15)9-3-1-2-4-11(9)16-12;1-7(12)9-6-8-4-2-3-5-10(8)14-11(9)13/h1-7H;2-6H,1H3. The van der Waals surface area contributed by atoms with Gasteiger partial charge in [0.05, 0.1) is 0 Å². The number of para-hydroxylation sites is 1. The SMILES string of the molecule is CC(=O)c1cc2ccccc2oc1=O.O=c1c2ccccc2sc2ccc(Cl)cc12. The molecule has 0 aliphatic rings. The number of carbonyl (C=O) groups excluding carboxylic acids is 1. The van der Waals surface area contributed by atoms with E-state index in [2.05, 4.69) is 0 Å². The third kappa shape index (κ3) is 3.90. The molecule has 0 fully saturated rings. The van der Waals surface area contributed by atoms with E-state index in [-0.39, 0.29) is 16.8 Å². The second-order valence-electron chi connectivity index (χ2n) is 6.61. The third-order valence-electron chi connectivity index (χ3n) is 4.56. The second kappa shape index (κ2) is 8.22. The van der Waals surface area contributed by atoms with Gasteiger partial charge in [0.15, 0.2) is 11.2 Å². The molecule has 6 heteroatoms. The topological polar surface area (TPSA) is 64.3 Å². The van der Waals surface area contributed by atoms with Crippen molar-refractivity contribution >= 4 is 59.9 Å². The summed E-state index contributed by atoms with van der Waals surface area (Å²) in [5, 5.41) is 2.84. The number of fused-ring (bicyclic) bond motifs is 3. The number of halogens is 1. The summed E-state index contributed by atoms with van der Waals surface area (Å²) in [4.78, 5) is 34.5. The Morgan fingerprint density at radius 1 is 0.867 bits per heavy atom. The zero-order valence-corrected chi connectivity index (χ0v) is 17.4. The molecule has 0 saturated heterocycles. The molecule has 0 saturated carbocycles. The number of rotatable bonds is 1. The lowest BCUT2D eigenvalue weighted by molar-refractivity contribution is 0.101. The van der Waals surface area contributed by atoms with Gasteiger partial charge in [0.25, 0.3) is 0 Å². The third-order valence-corrected chi connectivity index (χ3v) is 5.95. The second-order valence-corrected chi connectivity index (χ2v) is 8.13. The van der Waals surface area contributed by atoms with Crippen LogP contribution in [0.3, 0.4) is 0 Å². The normalized spacial score (nSPS) is 10.7. The zero-order valence-electron chi connectivity index (χ0n) is 15.8.